The Morgan fingerprint density at radius 2 is 1.95 bits per heavy atom. The second-order valence-electron chi connectivity index (χ2n) is 4.45. The third-order valence-corrected chi connectivity index (χ3v) is 3.42. The molecule has 21 heavy (non-hydrogen) atoms. The molecular weight excluding hydrogens is 294 g/mol. The van der Waals surface area contributed by atoms with Crippen LogP contribution in [0, 0.1) is 0 Å². The largest absolute Gasteiger partial charge is 0.298 e. The van der Waals surface area contributed by atoms with Gasteiger partial charge in [0.15, 0.2) is 12.6 Å². The van der Waals surface area contributed by atoms with E-state index in [0.717, 1.165) is 6.26 Å². The summed E-state index contributed by atoms with van der Waals surface area (Å²) in [6.45, 7) is 0. The molecule has 1 aromatic heterocycles. The van der Waals surface area contributed by atoms with Crippen molar-refractivity contribution in [3.05, 3.63) is 35.5 Å². The molecule has 1 heterocycles. The lowest BCUT2D eigenvalue weighted by atomic mass is 10.0. The van der Waals surface area contributed by atoms with E-state index in [2.05, 4.69) is 9.82 Å². The van der Waals surface area contributed by atoms with E-state index in [1.54, 1.807) is 19.2 Å². The molecule has 1 aromatic carbocycles. The predicted octanol–water partition coefficient (Wildman–Crippen LogP) is 1.08. The Hall–Kier alpha value is -2.48. The second kappa shape index (κ2) is 5.49. The Balaban J connectivity index is 2.61. The monoisotopic (exact) mass is 307 g/mol. The van der Waals surface area contributed by atoms with E-state index in [4.69, 9.17) is 0 Å². The molecule has 0 spiro atoms. The highest BCUT2D eigenvalue weighted by molar-refractivity contribution is 7.92. The van der Waals surface area contributed by atoms with Crippen LogP contribution in [0.2, 0.25) is 0 Å². The van der Waals surface area contributed by atoms with E-state index in [-0.39, 0.29) is 11.3 Å². The maximum Gasteiger partial charge on any atom is 0.229 e. The van der Waals surface area contributed by atoms with Gasteiger partial charge < -0.3 is 0 Å². The summed E-state index contributed by atoms with van der Waals surface area (Å²) < 4.78 is 26.3. The average molecular weight is 307 g/mol. The quantitative estimate of drug-likeness (QED) is 0.834. The number of aldehydes is 2. The van der Waals surface area contributed by atoms with Gasteiger partial charge in [0.2, 0.25) is 10.0 Å². The molecule has 0 saturated carbocycles. The first-order valence-corrected chi connectivity index (χ1v) is 7.80. The fourth-order valence-corrected chi connectivity index (χ4v) is 2.51. The first kappa shape index (κ1) is 14.9. The van der Waals surface area contributed by atoms with Crippen molar-refractivity contribution >= 4 is 28.3 Å². The van der Waals surface area contributed by atoms with Gasteiger partial charge in [-0.05, 0) is 12.1 Å². The number of benzene rings is 1. The van der Waals surface area contributed by atoms with Crippen molar-refractivity contribution in [2.75, 3.05) is 11.0 Å². The van der Waals surface area contributed by atoms with Gasteiger partial charge in [-0.2, -0.15) is 5.10 Å². The van der Waals surface area contributed by atoms with Crippen LogP contribution in [-0.4, -0.2) is 37.0 Å². The minimum absolute atomic E-state index is 0.165. The highest BCUT2D eigenvalue weighted by Crippen LogP contribution is 2.27. The minimum atomic E-state index is -3.51. The predicted molar refractivity (Wildman–Crippen MR) is 77.9 cm³/mol. The normalized spacial score (nSPS) is 11.1. The molecule has 0 unspecified atom stereocenters. The van der Waals surface area contributed by atoms with Crippen LogP contribution < -0.4 is 4.72 Å². The number of aryl methyl sites for hydroxylation is 1. The Kier molecular flexibility index (Phi) is 3.90. The van der Waals surface area contributed by atoms with E-state index in [0.29, 0.717) is 29.5 Å². The second-order valence-corrected chi connectivity index (χ2v) is 6.20. The zero-order chi connectivity index (χ0) is 15.6. The summed E-state index contributed by atoms with van der Waals surface area (Å²) in [5, 5.41) is 4.15. The van der Waals surface area contributed by atoms with Gasteiger partial charge in [-0.3, -0.25) is 19.0 Å². The zero-order valence-corrected chi connectivity index (χ0v) is 12.2. The molecule has 0 saturated heterocycles. The summed E-state index contributed by atoms with van der Waals surface area (Å²) in [7, 11) is -1.90. The highest BCUT2D eigenvalue weighted by atomic mass is 32.2. The third-order valence-electron chi connectivity index (χ3n) is 2.83. The summed E-state index contributed by atoms with van der Waals surface area (Å²) in [5.41, 5.74) is 1.55. The van der Waals surface area contributed by atoms with Crippen LogP contribution in [-0.2, 0) is 17.1 Å². The van der Waals surface area contributed by atoms with Crippen molar-refractivity contribution in [2.24, 2.45) is 7.05 Å². The number of carbonyl (C=O) groups excluding carboxylic acids is 2. The molecule has 0 aliphatic carbocycles. The van der Waals surface area contributed by atoms with Crippen LogP contribution in [0.3, 0.4) is 0 Å². The number of rotatable bonds is 5. The molecule has 0 aliphatic heterocycles. The maximum absolute atomic E-state index is 11.3. The Morgan fingerprint density at radius 1 is 1.24 bits per heavy atom. The lowest BCUT2D eigenvalue weighted by molar-refractivity contribution is 0.111. The topological polar surface area (TPSA) is 98.1 Å². The molecule has 0 amide bonds. The van der Waals surface area contributed by atoms with E-state index >= 15 is 0 Å². The summed E-state index contributed by atoms with van der Waals surface area (Å²) >= 11 is 0. The number of hydrogen-bond acceptors (Lipinski definition) is 5. The van der Waals surface area contributed by atoms with Gasteiger partial charge in [0.05, 0.1) is 17.6 Å². The minimum Gasteiger partial charge on any atom is -0.298 e. The van der Waals surface area contributed by atoms with Gasteiger partial charge >= 0.3 is 0 Å². The van der Waals surface area contributed by atoms with Crippen molar-refractivity contribution < 1.29 is 18.0 Å². The number of carbonyl (C=O) groups is 2. The number of anilines is 1. The van der Waals surface area contributed by atoms with Crippen LogP contribution in [0.25, 0.3) is 11.3 Å². The van der Waals surface area contributed by atoms with Crippen LogP contribution in [0.4, 0.5) is 5.69 Å². The highest BCUT2D eigenvalue weighted by Gasteiger charge is 2.15. The lowest BCUT2D eigenvalue weighted by Crippen LogP contribution is -2.11. The molecule has 0 fully saturated rings. The van der Waals surface area contributed by atoms with Crippen molar-refractivity contribution in [3.8, 4) is 11.3 Å². The van der Waals surface area contributed by atoms with Crippen molar-refractivity contribution in [3.63, 3.8) is 0 Å². The van der Waals surface area contributed by atoms with Crippen LogP contribution >= 0.6 is 0 Å². The van der Waals surface area contributed by atoms with Crippen molar-refractivity contribution in [1.82, 2.24) is 9.78 Å². The molecule has 0 bridgehead atoms. The third kappa shape index (κ3) is 3.16. The first-order valence-electron chi connectivity index (χ1n) is 5.91. The van der Waals surface area contributed by atoms with E-state index in [1.807, 2.05) is 0 Å². The summed E-state index contributed by atoms with van der Waals surface area (Å²) in [6, 6.07) is 6.25. The fraction of sp³-hybridized carbons (Fsp3) is 0.154. The summed E-state index contributed by atoms with van der Waals surface area (Å²) in [5.74, 6) is 0. The first-order chi connectivity index (χ1) is 9.85. The van der Waals surface area contributed by atoms with Gasteiger partial charge in [0, 0.05) is 18.2 Å². The van der Waals surface area contributed by atoms with Gasteiger partial charge in [-0.25, -0.2) is 8.42 Å². The standard InChI is InChI=1S/C13H13N3O4S/c1-16-9(7-17)6-13(14-16)10-4-3-5-12(11(10)8-18)15-21(2,19)20/h3-8,15H,1-2H3. The van der Waals surface area contributed by atoms with Gasteiger partial charge in [-0.15, -0.1) is 0 Å². The van der Waals surface area contributed by atoms with Gasteiger partial charge in [0.25, 0.3) is 0 Å². The number of sulfonamides is 1. The summed E-state index contributed by atoms with van der Waals surface area (Å²) in [6.07, 6.45) is 2.20. The van der Waals surface area contributed by atoms with Crippen LogP contribution in [0.5, 0.6) is 0 Å². The molecule has 7 nitrogen and oxygen atoms in total. The zero-order valence-electron chi connectivity index (χ0n) is 11.4. The van der Waals surface area contributed by atoms with Crippen molar-refractivity contribution in [1.29, 1.82) is 0 Å². The Bertz CT molecular complexity index is 809. The fourth-order valence-electron chi connectivity index (χ4n) is 1.93. The van der Waals surface area contributed by atoms with E-state index in [9.17, 15) is 18.0 Å². The van der Waals surface area contributed by atoms with Gasteiger partial charge in [0.1, 0.15) is 5.69 Å². The molecule has 0 atom stereocenters. The molecule has 2 rings (SSSR count). The molecular formula is C13H13N3O4S. The molecule has 2 aromatic rings. The molecule has 0 radical (unpaired) electrons. The van der Waals surface area contributed by atoms with Gasteiger partial charge in [-0.1, -0.05) is 12.1 Å². The maximum atomic E-state index is 11.3. The SMILES string of the molecule is Cn1nc(-c2cccc(NS(C)(=O)=O)c2C=O)cc1C=O. The molecule has 0 aliphatic rings. The molecule has 110 valence electrons. The number of nitrogens with zero attached hydrogens (tertiary/aromatic N) is 2. The Labute approximate surface area is 121 Å². The molecule has 1 N–H and O–H groups in total. The molecule has 8 heteroatoms. The van der Waals surface area contributed by atoms with Crippen molar-refractivity contribution in [2.45, 2.75) is 0 Å². The van der Waals surface area contributed by atoms with E-state index < -0.39 is 10.0 Å². The summed E-state index contributed by atoms with van der Waals surface area (Å²) in [4.78, 5) is 22.2. The average Bonchev–Trinajstić information content (AvgIpc) is 2.77. The Morgan fingerprint density at radius 3 is 2.48 bits per heavy atom. The number of nitrogens with one attached hydrogen (secondary N) is 1. The van der Waals surface area contributed by atoms with Crippen LogP contribution in [0.15, 0.2) is 24.3 Å². The smallest absolute Gasteiger partial charge is 0.229 e. The number of hydrogen-bond donors (Lipinski definition) is 1. The lowest BCUT2D eigenvalue weighted by Gasteiger charge is -2.09. The number of aromatic nitrogens is 2. The van der Waals surface area contributed by atoms with E-state index in [1.165, 1.54) is 16.8 Å². The van der Waals surface area contributed by atoms with Crippen LogP contribution in [0.1, 0.15) is 20.8 Å².